The van der Waals surface area contributed by atoms with Gasteiger partial charge in [0, 0.05) is 0 Å². The molecule has 0 aliphatic rings. The molecule has 0 fully saturated rings. The molecule has 2 amide bonds. The molecule has 0 heterocycles. The average Bonchev–Trinajstić information content (AvgIpc) is 2.65. The SMILES string of the molecule is CCOC(=O)CNC(=O)[C@H](CC(=O)OCC)NC(=O)OCc1ccccc1. The number of carbonyl (C=O) groups excluding carboxylic acids is 4. The predicted molar refractivity (Wildman–Crippen MR) is 94.4 cm³/mol. The normalized spacial score (nSPS) is 11.0. The highest BCUT2D eigenvalue weighted by Gasteiger charge is 2.25. The van der Waals surface area contributed by atoms with Gasteiger partial charge in [-0.05, 0) is 19.4 Å². The molecule has 0 bridgehead atoms. The first kappa shape index (κ1) is 21.9. The Morgan fingerprint density at radius 1 is 0.926 bits per heavy atom. The Morgan fingerprint density at radius 2 is 1.56 bits per heavy atom. The fraction of sp³-hybridized carbons (Fsp3) is 0.444. The number of alkyl carbamates (subject to hydrolysis) is 1. The topological polar surface area (TPSA) is 120 Å². The summed E-state index contributed by atoms with van der Waals surface area (Å²) < 4.78 is 14.5. The van der Waals surface area contributed by atoms with E-state index in [1.165, 1.54) is 0 Å². The van der Waals surface area contributed by atoms with Crippen LogP contribution in [0.5, 0.6) is 0 Å². The number of rotatable bonds is 10. The van der Waals surface area contributed by atoms with Crippen LogP contribution in [0, 0.1) is 0 Å². The molecule has 0 saturated heterocycles. The van der Waals surface area contributed by atoms with Crippen LogP contribution in [-0.4, -0.2) is 49.7 Å². The second-order valence-electron chi connectivity index (χ2n) is 5.29. The summed E-state index contributed by atoms with van der Waals surface area (Å²) >= 11 is 0. The van der Waals surface area contributed by atoms with Crippen LogP contribution >= 0.6 is 0 Å². The Bertz CT molecular complexity index is 634. The fourth-order valence-corrected chi connectivity index (χ4v) is 2.00. The number of hydrogen-bond donors (Lipinski definition) is 2. The highest BCUT2D eigenvalue weighted by atomic mass is 16.6. The van der Waals surface area contributed by atoms with Crippen molar-refractivity contribution in [2.75, 3.05) is 19.8 Å². The first-order chi connectivity index (χ1) is 13.0. The van der Waals surface area contributed by atoms with Gasteiger partial charge < -0.3 is 24.8 Å². The molecule has 9 heteroatoms. The van der Waals surface area contributed by atoms with Crippen LogP contribution in [0.25, 0.3) is 0 Å². The largest absolute Gasteiger partial charge is 0.466 e. The molecule has 0 radical (unpaired) electrons. The van der Waals surface area contributed by atoms with Gasteiger partial charge in [0.1, 0.15) is 19.2 Å². The van der Waals surface area contributed by atoms with Crippen LogP contribution in [0.3, 0.4) is 0 Å². The zero-order chi connectivity index (χ0) is 20.1. The van der Waals surface area contributed by atoms with Crippen LogP contribution in [0.2, 0.25) is 0 Å². The first-order valence-electron chi connectivity index (χ1n) is 8.52. The van der Waals surface area contributed by atoms with E-state index in [9.17, 15) is 19.2 Å². The number of esters is 2. The van der Waals surface area contributed by atoms with Crippen molar-refractivity contribution in [3.63, 3.8) is 0 Å². The zero-order valence-electron chi connectivity index (χ0n) is 15.4. The third kappa shape index (κ3) is 9.24. The third-order valence-corrected chi connectivity index (χ3v) is 3.21. The maximum atomic E-state index is 12.2. The van der Waals surface area contributed by atoms with Gasteiger partial charge in [-0.2, -0.15) is 0 Å². The third-order valence-electron chi connectivity index (χ3n) is 3.21. The minimum atomic E-state index is -1.25. The Balaban J connectivity index is 2.60. The molecule has 1 atom stereocenters. The molecule has 2 N–H and O–H groups in total. The summed E-state index contributed by atoms with van der Waals surface area (Å²) in [6.45, 7) is 3.18. The summed E-state index contributed by atoms with van der Waals surface area (Å²) in [5.41, 5.74) is 0.765. The highest BCUT2D eigenvalue weighted by molar-refractivity contribution is 5.91. The number of carbonyl (C=O) groups is 4. The molecular weight excluding hydrogens is 356 g/mol. The van der Waals surface area contributed by atoms with Crippen LogP contribution in [0.4, 0.5) is 4.79 Å². The quantitative estimate of drug-likeness (QED) is 0.457. The molecule has 0 saturated carbocycles. The van der Waals surface area contributed by atoms with Crippen LogP contribution in [-0.2, 0) is 35.2 Å². The van der Waals surface area contributed by atoms with Gasteiger partial charge in [0.25, 0.3) is 0 Å². The maximum absolute atomic E-state index is 12.2. The van der Waals surface area contributed by atoms with E-state index in [0.717, 1.165) is 5.56 Å². The van der Waals surface area contributed by atoms with Crippen molar-refractivity contribution in [3.8, 4) is 0 Å². The molecule has 1 aromatic rings. The lowest BCUT2D eigenvalue weighted by molar-refractivity contribution is -0.145. The number of benzene rings is 1. The van der Waals surface area contributed by atoms with Gasteiger partial charge in [-0.3, -0.25) is 14.4 Å². The minimum Gasteiger partial charge on any atom is -0.466 e. The van der Waals surface area contributed by atoms with E-state index in [1.54, 1.807) is 38.1 Å². The molecule has 9 nitrogen and oxygen atoms in total. The Morgan fingerprint density at radius 3 is 2.19 bits per heavy atom. The molecule has 0 aromatic heterocycles. The molecular formula is C18H24N2O7. The van der Waals surface area contributed by atoms with Crippen LogP contribution in [0.1, 0.15) is 25.8 Å². The number of nitrogens with one attached hydrogen (secondary N) is 2. The average molecular weight is 380 g/mol. The molecule has 1 aromatic carbocycles. The second-order valence-corrected chi connectivity index (χ2v) is 5.29. The van der Waals surface area contributed by atoms with Crippen molar-refractivity contribution >= 4 is 23.9 Å². The lowest BCUT2D eigenvalue weighted by Crippen LogP contribution is -2.49. The van der Waals surface area contributed by atoms with E-state index in [4.69, 9.17) is 14.2 Å². The number of ether oxygens (including phenoxy) is 3. The minimum absolute atomic E-state index is 0.00322. The van der Waals surface area contributed by atoms with E-state index in [-0.39, 0.29) is 26.4 Å². The highest BCUT2D eigenvalue weighted by Crippen LogP contribution is 2.02. The Hall–Kier alpha value is -3.10. The summed E-state index contributed by atoms with van der Waals surface area (Å²) in [5, 5.41) is 4.61. The van der Waals surface area contributed by atoms with E-state index >= 15 is 0 Å². The van der Waals surface area contributed by atoms with Gasteiger partial charge >= 0.3 is 18.0 Å². The van der Waals surface area contributed by atoms with Crippen LogP contribution in [0.15, 0.2) is 30.3 Å². The molecule has 27 heavy (non-hydrogen) atoms. The zero-order valence-corrected chi connectivity index (χ0v) is 15.4. The smallest absolute Gasteiger partial charge is 0.408 e. The Kier molecular flexibility index (Phi) is 9.98. The summed E-state index contributed by atoms with van der Waals surface area (Å²) in [6, 6.07) is 7.71. The van der Waals surface area contributed by atoms with E-state index in [0.29, 0.717) is 0 Å². The summed E-state index contributed by atoms with van der Waals surface area (Å²) in [6.07, 6.45) is -1.28. The molecule has 148 valence electrons. The monoisotopic (exact) mass is 380 g/mol. The van der Waals surface area contributed by atoms with Gasteiger partial charge in [-0.15, -0.1) is 0 Å². The second kappa shape index (κ2) is 12.3. The van der Waals surface area contributed by atoms with Crippen molar-refractivity contribution < 1.29 is 33.4 Å². The summed E-state index contributed by atoms with van der Waals surface area (Å²) in [5.74, 6) is -2.03. The standard InChI is InChI=1S/C18H24N2O7/c1-3-25-15(21)10-14(17(23)19-11-16(22)26-4-2)20-18(24)27-12-13-8-6-5-7-9-13/h5-9,14H,3-4,10-12H2,1-2H3,(H,19,23)(H,20,24)/t14-/m0/s1. The molecule has 1 rings (SSSR count). The van der Waals surface area contributed by atoms with Gasteiger partial charge in [0.2, 0.25) is 5.91 Å². The van der Waals surface area contributed by atoms with Crippen molar-refractivity contribution in [1.29, 1.82) is 0 Å². The fourth-order valence-electron chi connectivity index (χ4n) is 2.00. The van der Waals surface area contributed by atoms with Gasteiger partial charge in [0.15, 0.2) is 0 Å². The predicted octanol–water partition coefficient (Wildman–Crippen LogP) is 0.914. The molecule has 0 unspecified atom stereocenters. The van der Waals surface area contributed by atoms with Crippen molar-refractivity contribution in [2.45, 2.75) is 32.9 Å². The van der Waals surface area contributed by atoms with Crippen LogP contribution < -0.4 is 10.6 Å². The first-order valence-corrected chi connectivity index (χ1v) is 8.52. The molecule has 0 spiro atoms. The van der Waals surface area contributed by atoms with Crippen molar-refractivity contribution in [2.24, 2.45) is 0 Å². The maximum Gasteiger partial charge on any atom is 0.408 e. The number of hydrogen-bond acceptors (Lipinski definition) is 7. The summed E-state index contributed by atoms with van der Waals surface area (Å²) in [7, 11) is 0. The lowest BCUT2D eigenvalue weighted by atomic mass is 10.2. The van der Waals surface area contributed by atoms with E-state index < -0.39 is 36.4 Å². The van der Waals surface area contributed by atoms with Gasteiger partial charge in [-0.1, -0.05) is 30.3 Å². The molecule has 0 aliphatic heterocycles. The lowest BCUT2D eigenvalue weighted by Gasteiger charge is -2.17. The molecule has 0 aliphatic carbocycles. The summed E-state index contributed by atoms with van der Waals surface area (Å²) in [4.78, 5) is 47.2. The Labute approximate surface area is 157 Å². The number of amides is 2. The van der Waals surface area contributed by atoms with Crippen molar-refractivity contribution in [3.05, 3.63) is 35.9 Å². The van der Waals surface area contributed by atoms with Gasteiger partial charge in [0.05, 0.1) is 19.6 Å². The van der Waals surface area contributed by atoms with Gasteiger partial charge in [-0.25, -0.2) is 4.79 Å². The van der Waals surface area contributed by atoms with E-state index in [1.807, 2.05) is 6.07 Å². The van der Waals surface area contributed by atoms with Crippen molar-refractivity contribution in [1.82, 2.24) is 10.6 Å². The van der Waals surface area contributed by atoms with E-state index in [2.05, 4.69) is 10.6 Å².